The first kappa shape index (κ1) is 14.6. The first-order valence-electron chi connectivity index (χ1n) is 6.31. The van der Waals surface area contributed by atoms with Gasteiger partial charge < -0.3 is 14.9 Å². The molecule has 0 radical (unpaired) electrons. The molecule has 0 saturated heterocycles. The van der Waals surface area contributed by atoms with Gasteiger partial charge >= 0.3 is 0 Å². The summed E-state index contributed by atoms with van der Waals surface area (Å²) in [6.45, 7) is 0.594. The van der Waals surface area contributed by atoms with Gasteiger partial charge in [0, 0.05) is 22.2 Å². The van der Waals surface area contributed by atoms with Crippen LogP contribution in [0.15, 0.2) is 35.7 Å². The largest absolute Gasteiger partial charge is 0.488 e. The highest BCUT2D eigenvalue weighted by Gasteiger charge is 2.00. The van der Waals surface area contributed by atoms with Gasteiger partial charge in [0.25, 0.3) is 0 Å². The quantitative estimate of drug-likeness (QED) is 0.831. The van der Waals surface area contributed by atoms with Crippen LogP contribution in [0.4, 0.5) is 0 Å². The van der Waals surface area contributed by atoms with Crippen LogP contribution in [0.1, 0.15) is 22.4 Å². The highest BCUT2D eigenvalue weighted by Crippen LogP contribution is 2.19. The lowest BCUT2D eigenvalue weighted by molar-refractivity contribution is 0.278. The lowest BCUT2D eigenvalue weighted by Crippen LogP contribution is -1.93. The fourth-order valence-corrected chi connectivity index (χ4v) is 2.36. The standard InChI is InChI=1S/C16H16O3S/c17-7-2-1-4-14-9-16(20-12-14)11-19-15-6-3-5-13(8-15)10-18/h3,5-6,8-9,12,17-18H,2,7,10-11H2. The molecule has 2 rings (SSSR count). The summed E-state index contributed by atoms with van der Waals surface area (Å²) < 4.78 is 5.68. The average molecular weight is 288 g/mol. The number of hydrogen-bond donors (Lipinski definition) is 2. The second kappa shape index (κ2) is 7.71. The molecule has 0 atom stereocenters. The molecule has 20 heavy (non-hydrogen) atoms. The number of hydrogen-bond acceptors (Lipinski definition) is 4. The molecular formula is C16H16O3S. The Balaban J connectivity index is 1.92. The maximum Gasteiger partial charge on any atom is 0.122 e. The van der Waals surface area contributed by atoms with Gasteiger partial charge in [-0.15, -0.1) is 11.3 Å². The molecule has 2 N–H and O–H groups in total. The SMILES string of the molecule is OCCC#Cc1csc(COc2cccc(CO)c2)c1. The van der Waals surface area contributed by atoms with Gasteiger partial charge in [0.05, 0.1) is 13.2 Å². The molecule has 0 saturated carbocycles. The summed E-state index contributed by atoms with van der Waals surface area (Å²) in [5, 5.41) is 19.7. The van der Waals surface area contributed by atoms with E-state index in [9.17, 15) is 0 Å². The molecule has 1 aromatic carbocycles. The van der Waals surface area contributed by atoms with Crippen molar-refractivity contribution in [2.75, 3.05) is 6.61 Å². The molecule has 1 heterocycles. The summed E-state index contributed by atoms with van der Waals surface area (Å²) in [7, 11) is 0. The van der Waals surface area contributed by atoms with Crippen LogP contribution in [-0.4, -0.2) is 16.8 Å². The molecule has 0 unspecified atom stereocenters. The van der Waals surface area contributed by atoms with Gasteiger partial charge in [0.1, 0.15) is 12.4 Å². The van der Waals surface area contributed by atoms with E-state index >= 15 is 0 Å². The second-order valence-electron chi connectivity index (χ2n) is 4.17. The normalized spacial score (nSPS) is 9.90. The zero-order chi connectivity index (χ0) is 14.2. The van der Waals surface area contributed by atoms with Crippen LogP contribution in [0.25, 0.3) is 0 Å². The van der Waals surface area contributed by atoms with Crippen LogP contribution in [0.5, 0.6) is 5.75 Å². The van der Waals surface area contributed by atoms with Gasteiger partial charge in [-0.25, -0.2) is 0 Å². The van der Waals surface area contributed by atoms with Crippen molar-refractivity contribution in [1.82, 2.24) is 0 Å². The van der Waals surface area contributed by atoms with E-state index in [1.165, 1.54) is 0 Å². The molecule has 0 bridgehead atoms. The van der Waals surface area contributed by atoms with Crippen molar-refractivity contribution in [2.45, 2.75) is 19.6 Å². The molecule has 0 spiro atoms. The third-order valence-corrected chi connectivity index (χ3v) is 3.50. The summed E-state index contributed by atoms with van der Waals surface area (Å²) in [5.41, 5.74) is 1.79. The molecule has 4 heteroatoms. The maximum atomic E-state index is 9.07. The van der Waals surface area contributed by atoms with E-state index in [2.05, 4.69) is 11.8 Å². The summed E-state index contributed by atoms with van der Waals surface area (Å²) >= 11 is 1.60. The Bertz CT molecular complexity index is 607. The molecule has 0 aliphatic rings. The predicted octanol–water partition coefficient (Wildman–Crippen LogP) is 2.55. The first-order chi connectivity index (χ1) is 9.81. The lowest BCUT2D eigenvalue weighted by Gasteiger charge is -2.05. The number of thiophene rings is 1. The van der Waals surface area contributed by atoms with E-state index in [4.69, 9.17) is 14.9 Å². The molecule has 0 amide bonds. The van der Waals surface area contributed by atoms with Gasteiger partial charge in [-0.05, 0) is 23.8 Å². The van der Waals surface area contributed by atoms with Gasteiger partial charge in [-0.1, -0.05) is 24.0 Å². The average Bonchev–Trinajstić information content (AvgIpc) is 2.94. The molecule has 2 aromatic rings. The first-order valence-corrected chi connectivity index (χ1v) is 7.19. The molecule has 0 fully saturated rings. The Hall–Kier alpha value is -1.80. The third-order valence-electron chi connectivity index (χ3n) is 2.59. The Morgan fingerprint density at radius 1 is 1.20 bits per heavy atom. The monoisotopic (exact) mass is 288 g/mol. The number of benzene rings is 1. The summed E-state index contributed by atoms with van der Waals surface area (Å²) in [6, 6.07) is 9.41. The minimum Gasteiger partial charge on any atom is -0.488 e. The van der Waals surface area contributed by atoms with Crippen LogP contribution >= 0.6 is 11.3 Å². The minimum atomic E-state index is 0.0147. The van der Waals surface area contributed by atoms with Crippen molar-refractivity contribution in [2.24, 2.45) is 0 Å². The summed E-state index contributed by atoms with van der Waals surface area (Å²) in [6.07, 6.45) is 0.496. The van der Waals surface area contributed by atoms with Crippen molar-refractivity contribution < 1.29 is 14.9 Å². The highest BCUT2D eigenvalue weighted by molar-refractivity contribution is 7.10. The van der Waals surface area contributed by atoms with Crippen LogP contribution in [0.2, 0.25) is 0 Å². The number of rotatable bonds is 5. The van der Waals surface area contributed by atoms with Crippen LogP contribution in [0.3, 0.4) is 0 Å². The number of aliphatic hydroxyl groups is 2. The van der Waals surface area contributed by atoms with Crippen molar-refractivity contribution in [1.29, 1.82) is 0 Å². The molecular weight excluding hydrogens is 272 g/mol. The van der Waals surface area contributed by atoms with E-state index in [0.717, 1.165) is 21.8 Å². The fourth-order valence-electron chi connectivity index (χ4n) is 1.63. The van der Waals surface area contributed by atoms with Crippen molar-refractivity contribution in [3.8, 4) is 17.6 Å². The van der Waals surface area contributed by atoms with Crippen LogP contribution in [0, 0.1) is 11.8 Å². The van der Waals surface area contributed by atoms with Gasteiger partial charge in [0.2, 0.25) is 0 Å². The Labute approximate surface area is 122 Å². The predicted molar refractivity (Wildman–Crippen MR) is 79.6 cm³/mol. The topological polar surface area (TPSA) is 49.7 Å². The number of ether oxygens (including phenoxy) is 1. The molecule has 1 aromatic heterocycles. The summed E-state index contributed by atoms with van der Waals surface area (Å²) in [5.74, 6) is 6.63. The van der Waals surface area contributed by atoms with E-state index < -0.39 is 0 Å². The van der Waals surface area contributed by atoms with Gasteiger partial charge in [-0.2, -0.15) is 0 Å². The number of aliphatic hydroxyl groups excluding tert-OH is 2. The molecule has 0 aliphatic heterocycles. The minimum absolute atomic E-state index is 0.0147. The van der Waals surface area contributed by atoms with E-state index in [1.54, 1.807) is 11.3 Å². The third kappa shape index (κ3) is 4.39. The van der Waals surface area contributed by atoms with E-state index in [1.807, 2.05) is 35.7 Å². The Morgan fingerprint density at radius 2 is 2.10 bits per heavy atom. The molecule has 0 aliphatic carbocycles. The smallest absolute Gasteiger partial charge is 0.122 e. The Kier molecular flexibility index (Phi) is 5.63. The van der Waals surface area contributed by atoms with Gasteiger partial charge in [-0.3, -0.25) is 0 Å². The zero-order valence-corrected chi connectivity index (χ0v) is 11.8. The second-order valence-corrected chi connectivity index (χ2v) is 5.17. The van der Waals surface area contributed by atoms with Gasteiger partial charge in [0.15, 0.2) is 0 Å². The lowest BCUT2D eigenvalue weighted by atomic mass is 10.2. The molecule has 3 nitrogen and oxygen atoms in total. The summed E-state index contributed by atoms with van der Waals surface area (Å²) in [4.78, 5) is 1.09. The molecule has 104 valence electrons. The van der Waals surface area contributed by atoms with E-state index in [0.29, 0.717) is 13.0 Å². The maximum absolute atomic E-state index is 9.07. The van der Waals surface area contributed by atoms with Crippen LogP contribution < -0.4 is 4.74 Å². The zero-order valence-electron chi connectivity index (χ0n) is 11.0. The van der Waals surface area contributed by atoms with E-state index in [-0.39, 0.29) is 13.2 Å². The van der Waals surface area contributed by atoms with Crippen molar-refractivity contribution >= 4 is 11.3 Å². The van der Waals surface area contributed by atoms with Crippen molar-refractivity contribution in [3.63, 3.8) is 0 Å². The van der Waals surface area contributed by atoms with Crippen molar-refractivity contribution in [3.05, 3.63) is 51.7 Å². The highest BCUT2D eigenvalue weighted by atomic mass is 32.1. The Morgan fingerprint density at radius 3 is 2.90 bits per heavy atom. The van der Waals surface area contributed by atoms with Crippen LogP contribution in [-0.2, 0) is 13.2 Å². The fraction of sp³-hybridized carbons (Fsp3) is 0.250.